The number of carboxylic acids is 1. The number of aromatic nitrogens is 1. The average molecular weight is 298 g/mol. The molecule has 2 aromatic rings. The quantitative estimate of drug-likeness (QED) is 0.755. The van der Waals surface area contributed by atoms with E-state index in [0.717, 1.165) is 10.7 Å². The Hall–Kier alpha value is -1.79. The smallest absolute Gasteiger partial charge is 0.337 e. The van der Waals surface area contributed by atoms with Crippen molar-refractivity contribution in [3.63, 3.8) is 0 Å². The van der Waals surface area contributed by atoms with Gasteiger partial charge >= 0.3 is 5.97 Å². The third-order valence-corrected chi connectivity index (χ3v) is 3.69. The summed E-state index contributed by atoms with van der Waals surface area (Å²) >= 11 is 7.53. The van der Waals surface area contributed by atoms with Crippen molar-refractivity contribution >= 4 is 40.3 Å². The van der Waals surface area contributed by atoms with Crippen molar-refractivity contribution < 1.29 is 9.90 Å². The molecule has 0 atom stereocenters. The van der Waals surface area contributed by atoms with E-state index in [1.807, 2.05) is 12.3 Å². The molecule has 19 heavy (non-hydrogen) atoms. The van der Waals surface area contributed by atoms with Gasteiger partial charge in [0.05, 0.1) is 22.8 Å². The lowest BCUT2D eigenvalue weighted by molar-refractivity contribution is 0.0698. The van der Waals surface area contributed by atoms with Crippen LogP contribution in [0.3, 0.4) is 0 Å². The molecule has 0 fully saturated rings. The molecule has 7 heteroatoms. The first-order chi connectivity index (χ1) is 8.97. The number of aryl methyl sites for hydroxylation is 1. The third kappa shape index (κ3) is 3.15. The van der Waals surface area contributed by atoms with E-state index in [1.165, 1.54) is 23.5 Å². The second kappa shape index (κ2) is 5.46. The third-order valence-electron chi connectivity index (χ3n) is 2.43. The van der Waals surface area contributed by atoms with Gasteiger partial charge in [0.15, 0.2) is 0 Å². The van der Waals surface area contributed by atoms with Crippen molar-refractivity contribution in [1.29, 1.82) is 0 Å². The fraction of sp³-hybridized carbons (Fsp3) is 0.167. The zero-order valence-electron chi connectivity index (χ0n) is 10.1. The summed E-state index contributed by atoms with van der Waals surface area (Å²) in [5.74, 6) is -1.08. The summed E-state index contributed by atoms with van der Waals surface area (Å²) in [6.45, 7) is 2.32. The SMILES string of the molecule is Cc1csc(CNc2c(Cl)cc(N)cc2C(=O)O)n1. The average Bonchev–Trinajstić information content (AvgIpc) is 2.73. The van der Waals surface area contributed by atoms with Gasteiger partial charge < -0.3 is 16.2 Å². The van der Waals surface area contributed by atoms with E-state index >= 15 is 0 Å². The lowest BCUT2D eigenvalue weighted by atomic mass is 10.1. The van der Waals surface area contributed by atoms with Gasteiger partial charge in [0, 0.05) is 16.8 Å². The van der Waals surface area contributed by atoms with Crippen LogP contribution < -0.4 is 11.1 Å². The Morgan fingerprint density at radius 2 is 2.32 bits per heavy atom. The Morgan fingerprint density at radius 3 is 2.89 bits per heavy atom. The van der Waals surface area contributed by atoms with Crippen LogP contribution in [0, 0.1) is 6.92 Å². The summed E-state index contributed by atoms with van der Waals surface area (Å²) in [7, 11) is 0. The lowest BCUT2D eigenvalue weighted by Crippen LogP contribution is -2.08. The fourth-order valence-corrected chi connectivity index (χ4v) is 2.63. The molecule has 1 heterocycles. The predicted octanol–water partition coefficient (Wildman–Crippen LogP) is 3.00. The van der Waals surface area contributed by atoms with E-state index in [-0.39, 0.29) is 10.6 Å². The molecule has 0 unspecified atom stereocenters. The van der Waals surface area contributed by atoms with Crippen LogP contribution in [0.1, 0.15) is 21.1 Å². The molecule has 0 aliphatic heterocycles. The number of rotatable bonds is 4. The van der Waals surface area contributed by atoms with Crippen LogP contribution in [0.4, 0.5) is 11.4 Å². The second-order valence-corrected chi connectivity index (χ2v) is 5.32. The monoisotopic (exact) mass is 297 g/mol. The number of thiazole rings is 1. The Kier molecular flexibility index (Phi) is 3.92. The highest BCUT2D eigenvalue weighted by atomic mass is 35.5. The molecule has 5 nitrogen and oxygen atoms in total. The number of carbonyl (C=O) groups is 1. The highest BCUT2D eigenvalue weighted by Crippen LogP contribution is 2.30. The van der Waals surface area contributed by atoms with E-state index < -0.39 is 5.97 Å². The van der Waals surface area contributed by atoms with Crippen LogP contribution in [-0.4, -0.2) is 16.1 Å². The van der Waals surface area contributed by atoms with E-state index in [4.69, 9.17) is 22.4 Å². The highest BCUT2D eigenvalue weighted by molar-refractivity contribution is 7.09. The molecule has 0 amide bonds. The number of hydrogen-bond donors (Lipinski definition) is 3. The van der Waals surface area contributed by atoms with Crippen molar-refractivity contribution in [2.45, 2.75) is 13.5 Å². The summed E-state index contributed by atoms with van der Waals surface area (Å²) in [6.07, 6.45) is 0. The minimum absolute atomic E-state index is 0.0540. The highest BCUT2D eigenvalue weighted by Gasteiger charge is 2.15. The maximum atomic E-state index is 11.2. The maximum absolute atomic E-state index is 11.2. The van der Waals surface area contributed by atoms with Crippen molar-refractivity contribution in [2.75, 3.05) is 11.1 Å². The van der Waals surface area contributed by atoms with Gasteiger partial charge in [-0.2, -0.15) is 0 Å². The van der Waals surface area contributed by atoms with Crippen LogP contribution in [0.25, 0.3) is 0 Å². The van der Waals surface area contributed by atoms with Gasteiger partial charge in [-0.1, -0.05) is 11.6 Å². The number of carboxylic acid groups (broad SMARTS) is 1. The van der Waals surface area contributed by atoms with Crippen molar-refractivity contribution in [2.24, 2.45) is 0 Å². The van der Waals surface area contributed by atoms with Gasteiger partial charge in [0.25, 0.3) is 0 Å². The lowest BCUT2D eigenvalue weighted by Gasteiger charge is -2.11. The molecule has 1 aromatic heterocycles. The molecule has 0 saturated carbocycles. The van der Waals surface area contributed by atoms with Gasteiger partial charge in [0.2, 0.25) is 0 Å². The molecule has 0 aliphatic carbocycles. The topological polar surface area (TPSA) is 88.2 Å². The zero-order valence-corrected chi connectivity index (χ0v) is 11.7. The van der Waals surface area contributed by atoms with Crippen LogP contribution >= 0.6 is 22.9 Å². The van der Waals surface area contributed by atoms with E-state index in [2.05, 4.69) is 10.3 Å². The number of anilines is 2. The van der Waals surface area contributed by atoms with Gasteiger partial charge in [-0.25, -0.2) is 9.78 Å². The predicted molar refractivity (Wildman–Crippen MR) is 77.0 cm³/mol. The van der Waals surface area contributed by atoms with Crippen LogP contribution in [0.15, 0.2) is 17.5 Å². The van der Waals surface area contributed by atoms with Gasteiger partial charge in [-0.05, 0) is 19.1 Å². The Morgan fingerprint density at radius 1 is 1.58 bits per heavy atom. The first kappa shape index (κ1) is 13.6. The summed E-state index contributed by atoms with van der Waals surface area (Å²) < 4.78 is 0. The van der Waals surface area contributed by atoms with Crippen molar-refractivity contribution in [3.05, 3.63) is 38.8 Å². The standard InChI is InChI=1S/C12H12ClN3O2S/c1-6-5-19-10(16-6)4-15-11-8(12(17)18)2-7(14)3-9(11)13/h2-3,5,15H,4,14H2,1H3,(H,17,18). The minimum Gasteiger partial charge on any atom is -0.478 e. The molecule has 4 N–H and O–H groups in total. The summed E-state index contributed by atoms with van der Waals surface area (Å²) in [6, 6.07) is 2.90. The molecular weight excluding hydrogens is 286 g/mol. The Bertz CT molecular complexity index is 627. The minimum atomic E-state index is -1.08. The van der Waals surface area contributed by atoms with Crippen LogP contribution in [0.5, 0.6) is 0 Å². The number of nitrogens with zero attached hydrogens (tertiary/aromatic N) is 1. The fourth-order valence-electron chi connectivity index (χ4n) is 1.62. The number of halogens is 1. The molecule has 0 bridgehead atoms. The zero-order chi connectivity index (χ0) is 14.0. The normalized spacial score (nSPS) is 10.4. The number of benzene rings is 1. The van der Waals surface area contributed by atoms with Gasteiger partial charge in [-0.3, -0.25) is 0 Å². The molecule has 0 spiro atoms. The van der Waals surface area contributed by atoms with Crippen molar-refractivity contribution in [3.8, 4) is 0 Å². The molecule has 0 saturated heterocycles. The largest absolute Gasteiger partial charge is 0.478 e. The number of hydrogen-bond acceptors (Lipinski definition) is 5. The molecule has 0 radical (unpaired) electrons. The number of aromatic carboxylic acids is 1. The number of nitrogens with two attached hydrogens (primary N) is 1. The van der Waals surface area contributed by atoms with Crippen LogP contribution in [-0.2, 0) is 6.54 Å². The Balaban J connectivity index is 2.26. The molecular formula is C12H12ClN3O2S. The first-order valence-corrected chi connectivity index (χ1v) is 6.70. The van der Waals surface area contributed by atoms with E-state index in [0.29, 0.717) is 17.9 Å². The molecule has 100 valence electrons. The number of nitrogen functional groups attached to an aromatic ring is 1. The number of nitrogens with one attached hydrogen (secondary N) is 1. The maximum Gasteiger partial charge on any atom is 0.337 e. The van der Waals surface area contributed by atoms with Crippen molar-refractivity contribution in [1.82, 2.24) is 4.98 Å². The summed E-state index contributed by atoms with van der Waals surface area (Å²) in [4.78, 5) is 15.5. The van der Waals surface area contributed by atoms with E-state index in [1.54, 1.807) is 0 Å². The first-order valence-electron chi connectivity index (χ1n) is 5.44. The molecule has 2 rings (SSSR count). The van der Waals surface area contributed by atoms with Gasteiger partial charge in [0.1, 0.15) is 5.01 Å². The Labute approximate surface area is 119 Å². The molecule has 1 aromatic carbocycles. The van der Waals surface area contributed by atoms with Gasteiger partial charge in [-0.15, -0.1) is 11.3 Å². The van der Waals surface area contributed by atoms with Crippen LogP contribution in [0.2, 0.25) is 5.02 Å². The second-order valence-electron chi connectivity index (χ2n) is 3.97. The summed E-state index contributed by atoms with van der Waals surface area (Å²) in [5, 5.41) is 15.2. The molecule has 0 aliphatic rings. The summed E-state index contributed by atoms with van der Waals surface area (Å²) in [5.41, 5.74) is 7.25. The van der Waals surface area contributed by atoms with E-state index in [9.17, 15) is 4.79 Å².